The first-order valence-electron chi connectivity index (χ1n) is 9.57. The fraction of sp³-hybridized carbons (Fsp3) is 0.174. The van der Waals surface area contributed by atoms with Gasteiger partial charge in [0, 0.05) is 23.1 Å². The molecule has 0 fully saturated rings. The van der Waals surface area contributed by atoms with Crippen LogP contribution in [-0.2, 0) is 23.1 Å². The Kier molecular flexibility index (Phi) is 4.36. The van der Waals surface area contributed by atoms with Crippen LogP contribution in [0.3, 0.4) is 0 Å². The molecule has 0 spiro atoms. The van der Waals surface area contributed by atoms with Crippen molar-refractivity contribution in [3.05, 3.63) is 77.1 Å². The number of benzene rings is 3. The standard InChI is InChI=1S/C23H17FO5S/c24-16-4-7-18(8-5-16)30(26,27)29-17-6-9-19-15(10-17)13-28-23-12-20-14(11-21(19)23)2-1-3-22(20)25/h4-12H,1-3,13H2. The lowest BCUT2D eigenvalue weighted by atomic mass is 9.86. The minimum absolute atomic E-state index is 0.125. The third-order valence-corrected chi connectivity index (χ3v) is 6.68. The van der Waals surface area contributed by atoms with Crippen molar-refractivity contribution in [2.45, 2.75) is 30.8 Å². The summed E-state index contributed by atoms with van der Waals surface area (Å²) >= 11 is 0. The minimum Gasteiger partial charge on any atom is -0.488 e. The van der Waals surface area contributed by atoms with Crippen LogP contribution in [0.1, 0.15) is 34.3 Å². The van der Waals surface area contributed by atoms with Crippen molar-refractivity contribution in [1.29, 1.82) is 0 Å². The average Bonchev–Trinajstić information content (AvgIpc) is 2.73. The lowest BCUT2D eigenvalue weighted by Gasteiger charge is -2.25. The smallest absolute Gasteiger partial charge is 0.339 e. The van der Waals surface area contributed by atoms with E-state index < -0.39 is 15.9 Å². The van der Waals surface area contributed by atoms with E-state index in [4.69, 9.17) is 8.92 Å². The van der Waals surface area contributed by atoms with Crippen LogP contribution in [0.15, 0.2) is 59.5 Å². The van der Waals surface area contributed by atoms with Crippen molar-refractivity contribution < 1.29 is 26.5 Å². The number of fused-ring (bicyclic) bond motifs is 4. The van der Waals surface area contributed by atoms with Crippen LogP contribution in [0.4, 0.5) is 4.39 Å². The van der Waals surface area contributed by atoms with Crippen molar-refractivity contribution in [3.8, 4) is 22.6 Å². The predicted molar refractivity (Wildman–Crippen MR) is 108 cm³/mol. The Hall–Kier alpha value is -3.19. The maximum absolute atomic E-state index is 13.1. The third-order valence-electron chi connectivity index (χ3n) is 5.41. The number of ketones is 1. The monoisotopic (exact) mass is 424 g/mol. The molecule has 1 aliphatic carbocycles. The first-order chi connectivity index (χ1) is 14.4. The summed E-state index contributed by atoms with van der Waals surface area (Å²) in [6.07, 6.45) is 2.25. The summed E-state index contributed by atoms with van der Waals surface area (Å²) in [5, 5.41) is 0. The van der Waals surface area contributed by atoms with Crippen LogP contribution in [0.5, 0.6) is 11.5 Å². The van der Waals surface area contributed by atoms with Crippen molar-refractivity contribution >= 4 is 15.9 Å². The Balaban J connectivity index is 1.48. The van der Waals surface area contributed by atoms with Gasteiger partial charge in [0.25, 0.3) is 0 Å². The summed E-state index contributed by atoms with van der Waals surface area (Å²) in [4.78, 5) is 12.1. The number of halogens is 1. The van der Waals surface area contributed by atoms with Crippen LogP contribution < -0.4 is 8.92 Å². The SMILES string of the molecule is O=C1CCCc2cc3c(cc21)OCc1cc(OS(=O)(=O)c2ccc(F)cc2)ccc1-3. The molecule has 1 heterocycles. The Bertz CT molecular complexity index is 1280. The molecule has 152 valence electrons. The van der Waals surface area contributed by atoms with Crippen LogP contribution in [0, 0.1) is 5.82 Å². The minimum atomic E-state index is -4.08. The first kappa shape index (κ1) is 18.8. The fourth-order valence-electron chi connectivity index (χ4n) is 3.93. The van der Waals surface area contributed by atoms with E-state index in [1.807, 2.05) is 12.1 Å². The molecule has 0 atom stereocenters. The molecule has 0 aromatic heterocycles. The van der Waals surface area contributed by atoms with E-state index in [0.717, 1.165) is 64.9 Å². The number of Topliss-reactive ketones (excluding diaryl/α,β-unsaturated/α-hetero) is 1. The highest BCUT2D eigenvalue weighted by Gasteiger charge is 2.25. The zero-order valence-corrected chi connectivity index (χ0v) is 16.7. The molecule has 0 saturated heterocycles. The second kappa shape index (κ2) is 6.95. The van der Waals surface area contributed by atoms with Gasteiger partial charge in [-0.25, -0.2) is 4.39 Å². The Morgan fingerprint density at radius 1 is 0.867 bits per heavy atom. The van der Waals surface area contributed by atoms with Gasteiger partial charge in [-0.2, -0.15) is 8.42 Å². The number of ether oxygens (including phenoxy) is 1. The molecule has 1 aliphatic heterocycles. The molecule has 0 radical (unpaired) electrons. The van der Waals surface area contributed by atoms with Gasteiger partial charge in [-0.15, -0.1) is 0 Å². The topological polar surface area (TPSA) is 69.7 Å². The maximum atomic E-state index is 13.1. The average molecular weight is 424 g/mol. The van der Waals surface area contributed by atoms with E-state index in [1.54, 1.807) is 18.2 Å². The zero-order chi connectivity index (χ0) is 20.9. The summed E-state index contributed by atoms with van der Waals surface area (Å²) in [5.74, 6) is 0.424. The fourth-order valence-corrected chi connectivity index (χ4v) is 4.85. The highest BCUT2D eigenvalue weighted by molar-refractivity contribution is 7.87. The number of carbonyl (C=O) groups excluding carboxylic acids is 1. The largest absolute Gasteiger partial charge is 0.488 e. The zero-order valence-electron chi connectivity index (χ0n) is 15.9. The molecule has 7 heteroatoms. The van der Waals surface area contributed by atoms with Gasteiger partial charge in [-0.3, -0.25) is 4.79 Å². The molecule has 0 unspecified atom stereocenters. The molecule has 0 N–H and O–H groups in total. The van der Waals surface area contributed by atoms with E-state index in [0.29, 0.717) is 12.2 Å². The number of hydrogen-bond acceptors (Lipinski definition) is 5. The second-order valence-electron chi connectivity index (χ2n) is 7.38. The number of rotatable bonds is 3. The Labute approximate surface area is 173 Å². The van der Waals surface area contributed by atoms with E-state index in [-0.39, 0.29) is 23.0 Å². The molecule has 3 aromatic rings. The van der Waals surface area contributed by atoms with Crippen LogP contribution in [-0.4, -0.2) is 14.2 Å². The molecule has 0 bridgehead atoms. The van der Waals surface area contributed by atoms with Crippen molar-refractivity contribution in [2.24, 2.45) is 0 Å². The highest BCUT2D eigenvalue weighted by Crippen LogP contribution is 2.42. The van der Waals surface area contributed by atoms with Gasteiger partial charge in [-0.1, -0.05) is 6.07 Å². The Morgan fingerprint density at radius 3 is 2.47 bits per heavy atom. The summed E-state index contributed by atoms with van der Waals surface area (Å²) in [7, 11) is -4.08. The summed E-state index contributed by atoms with van der Waals surface area (Å²) < 4.78 is 49.1. The predicted octanol–water partition coefficient (Wildman–Crippen LogP) is 4.67. The second-order valence-corrected chi connectivity index (χ2v) is 8.93. The van der Waals surface area contributed by atoms with Gasteiger partial charge in [0.05, 0.1) is 0 Å². The molecule has 0 amide bonds. The van der Waals surface area contributed by atoms with Gasteiger partial charge in [-0.05, 0) is 72.5 Å². The number of aryl methyl sites for hydroxylation is 1. The molecule has 0 saturated carbocycles. The molecule has 3 aromatic carbocycles. The van der Waals surface area contributed by atoms with Crippen molar-refractivity contribution in [1.82, 2.24) is 0 Å². The van der Waals surface area contributed by atoms with Gasteiger partial charge < -0.3 is 8.92 Å². The first-order valence-corrected chi connectivity index (χ1v) is 11.0. The number of carbonyl (C=O) groups is 1. The Morgan fingerprint density at radius 2 is 1.67 bits per heavy atom. The van der Waals surface area contributed by atoms with Gasteiger partial charge >= 0.3 is 10.1 Å². The van der Waals surface area contributed by atoms with Crippen molar-refractivity contribution in [3.63, 3.8) is 0 Å². The third kappa shape index (κ3) is 3.25. The van der Waals surface area contributed by atoms with Crippen LogP contribution in [0.2, 0.25) is 0 Å². The molecule has 2 aliphatic rings. The number of hydrogen-bond donors (Lipinski definition) is 0. The van der Waals surface area contributed by atoms with E-state index in [2.05, 4.69) is 0 Å². The summed E-state index contributed by atoms with van der Waals surface area (Å²) in [6, 6.07) is 13.3. The van der Waals surface area contributed by atoms with E-state index >= 15 is 0 Å². The highest BCUT2D eigenvalue weighted by atomic mass is 32.2. The summed E-state index contributed by atoms with van der Waals surface area (Å²) in [6.45, 7) is 0.239. The van der Waals surface area contributed by atoms with Gasteiger partial charge in [0.2, 0.25) is 0 Å². The quantitative estimate of drug-likeness (QED) is 0.572. The molecule has 5 rings (SSSR count). The lowest BCUT2D eigenvalue weighted by molar-refractivity contribution is 0.0972. The van der Waals surface area contributed by atoms with Crippen LogP contribution >= 0.6 is 0 Å². The summed E-state index contributed by atoms with van der Waals surface area (Å²) in [5.41, 5.74) is 4.34. The molecular formula is C23H17FO5S. The van der Waals surface area contributed by atoms with E-state index in [9.17, 15) is 17.6 Å². The van der Waals surface area contributed by atoms with E-state index in [1.165, 1.54) is 0 Å². The molecule has 5 nitrogen and oxygen atoms in total. The normalized spacial score (nSPS) is 14.9. The van der Waals surface area contributed by atoms with Gasteiger partial charge in [0.15, 0.2) is 5.78 Å². The molecular weight excluding hydrogens is 407 g/mol. The van der Waals surface area contributed by atoms with Gasteiger partial charge in [0.1, 0.15) is 28.8 Å². The van der Waals surface area contributed by atoms with Crippen molar-refractivity contribution in [2.75, 3.05) is 0 Å². The lowest BCUT2D eigenvalue weighted by Crippen LogP contribution is -2.14. The molecule has 30 heavy (non-hydrogen) atoms. The maximum Gasteiger partial charge on any atom is 0.339 e. The van der Waals surface area contributed by atoms with Crippen LogP contribution in [0.25, 0.3) is 11.1 Å².